The fourth-order valence-electron chi connectivity index (χ4n) is 3.32. The Morgan fingerprint density at radius 2 is 1.03 bits per heavy atom. The van der Waals surface area contributed by atoms with Crippen molar-refractivity contribution in [2.75, 3.05) is 101 Å². The predicted octanol–water partition coefficient (Wildman–Crippen LogP) is 0.501. The summed E-state index contributed by atoms with van der Waals surface area (Å²) in [6, 6.07) is -3.17. The number of amidine groups is 1. The zero-order valence-corrected chi connectivity index (χ0v) is 24.4. The van der Waals surface area contributed by atoms with Gasteiger partial charge in [-0.2, -0.15) is 10.3 Å². The summed E-state index contributed by atoms with van der Waals surface area (Å²) in [5.74, 6) is 0.380. The lowest BCUT2D eigenvalue weighted by Gasteiger charge is -2.46. The van der Waals surface area contributed by atoms with Crippen LogP contribution in [-0.2, 0) is 51.2 Å². The van der Waals surface area contributed by atoms with Crippen molar-refractivity contribution in [2.24, 2.45) is 4.99 Å². The highest BCUT2D eigenvalue weighted by Gasteiger charge is 2.52. The molecule has 0 aromatic heterocycles. The maximum Gasteiger partial charge on any atom is 0.508 e. The van der Waals surface area contributed by atoms with Crippen LogP contribution in [0.2, 0.25) is 6.04 Å². The molecule has 0 aromatic rings. The molecule has 37 heavy (non-hydrogen) atoms. The van der Waals surface area contributed by atoms with Crippen molar-refractivity contribution in [3.63, 3.8) is 0 Å². The monoisotopic (exact) mass is 557 g/mol. The predicted molar refractivity (Wildman–Crippen MR) is 136 cm³/mol. The Balaban J connectivity index is 3.51. The summed E-state index contributed by atoms with van der Waals surface area (Å²) in [5, 5.41) is 6.32. The third-order valence-electron chi connectivity index (χ3n) is 4.75. The van der Waals surface area contributed by atoms with Gasteiger partial charge in [0.2, 0.25) is 0 Å². The molecule has 15 heteroatoms. The normalized spacial score (nSPS) is 17.0. The number of hydrogen-bond acceptors (Lipinski definition) is 14. The van der Waals surface area contributed by atoms with E-state index in [1.807, 2.05) is 20.8 Å². The minimum absolute atomic E-state index is 0.157. The van der Waals surface area contributed by atoms with Crippen molar-refractivity contribution in [1.82, 2.24) is 10.6 Å². The highest BCUT2D eigenvalue weighted by Crippen LogP contribution is 2.27. The SMILES string of the molecule is CCO[Si](CC1=NC(OCCOC)(OCCOC)NC(OCCOC)(OCCOC)N1)(OCC)OCC. The van der Waals surface area contributed by atoms with Crippen molar-refractivity contribution < 1.29 is 51.2 Å². The van der Waals surface area contributed by atoms with Crippen LogP contribution in [-0.4, -0.2) is 128 Å². The van der Waals surface area contributed by atoms with Crippen LogP contribution in [0.1, 0.15) is 20.8 Å². The summed E-state index contributed by atoms with van der Waals surface area (Å²) >= 11 is 0. The Morgan fingerprint density at radius 3 is 1.41 bits per heavy atom. The Kier molecular flexibility index (Phi) is 17.9. The topological polar surface area (TPSA) is 138 Å². The van der Waals surface area contributed by atoms with Gasteiger partial charge < -0.3 is 56.5 Å². The van der Waals surface area contributed by atoms with E-state index in [4.69, 9.17) is 56.2 Å². The minimum atomic E-state index is -3.20. The number of rotatable bonds is 24. The maximum absolute atomic E-state index is 6.11. The van der Waals surface area contributed by atoms with E-state index in [0.29, 0.717) is 52.1 Å². The third kappa shape index (κ3) is 12.3. The number of hydrogen-bond donors (Lipinski definition) is 2. The van der Waals surface area contributed by atoms with Gasteiger partial charge in [-0.3, -0.25) is 0 Å². The number of nitrogens with one attached hydrogen (secondary N) is 2. The first kappa shape index (κ1) is 34.2. The molecule has 0 unspecified atom stereocenters. The average molecular weight is 558 g/mol. The molecule has 0 spiro atoms. The molecular weight excluding hydrogens is 510 g/mol. The van der Waals surface area contributed by atoms with E-state index < -0.39 is 20.9 Å². The van der Waals surface area contributed by atoms with Gasteiger partial charge in [0.15, 0.2) is 0 Å². The fraction of sp³-hybridized carbons (Fsp3) is 0.955. The van der Waals surface area contributed by atoms with Crippen LogP contribution in [0, 0.1) is 0 Å². The molecule has 220 valence electrons. The second-order valence-electron chi connectivity index (χ2n) is 7.53. The van der Waals surface area contributed by atoms with Gasteiger partial charge in [-0.25, -0.2) is 0 Å². The molecule has 1 aliphatic rings. The molecule has 0 bridgehead atoms. The van der Waals surface area contributed by atoms with Crippen LogP contribution in [0.25, 0.3) is 0 Å². The zero-order chi connectivity index (χ0) is 27.5. The van der Waals surface area contributed by atoms with Crippen molar-refractivity contribution in [3.8, 4) is 0 Å². The Hall–Kier alpha value is -0.793. The lowest BCUT2D eigenvalue weighted by atomic mass is 10.5. The molecule has 0 saturated heterocycles. The number of methoxy groups -OCH3 is 4. The molecule has 0 aliphatic carbocycles. The van der Waals surface area contributed by atoms with Gasteiger partial charge in [-0.05, 0) is 20.8 Å². The molecule has 0 amide bonds. The van der Waals surface area contributed by atoms with Crippen LogP contribution in [0.5, 0.6) is 0 Å². The Labute approximate surface area is 221 Å². The van der Waals surface area contributed by atoms with Crippen LogP contribution >= 0.6 is 0 Å². The molecule has 14 nitrogen and oxygen atoms in total. The van der Waals surface area contributed by atoms with Gasteiger partial charge >= 0.3 is 20.9 Å². The lowest BCUT2D eigenvalue weighted by molar-refractivity contribution is -0.356. The summed E-state index contributed by atoms with van der Waals surface area (Å²) in [5.41, 5.74) is 0. The van der Waals surface area contributed by atoms with Gasteiger partial charge in [0, 0.05) is 48.3 Å². The van der Waals surface area contributed by atoms with E-state index in [2.05, 4.69) is 10.6 Å². The first-order valence-corrected chi connectivity index (χ1v) is 14.4. The van der Waals surface area contributed by atoms with E-state index in [1.54, 1.807) is 28.4 Å². The second-order valence-corrected chi connectivity index (χ2v) is 10.1. The van der Waals surface area contributed by atoms with Gasteiger partial charge in [0.05, 0.1) is 58.9 Å². The standard InChI is InChI=1S/C22H47N3O11Si/c1-8-34-37(35-9-2,36-10-3)19-20-23-21(30-15-11-26-4,31-16-12-27-5)25-22(24-20,32-17-13-28-6)33-18-14-29-7/h25H,8-19H2,1-7H3,(H,23,24). The molecule has 0 radical (unpaired) electrons. The average Bonchev–Trinajstić information content (AvgIpc) is 2.85. The quantitative estimate of drug-likeness (QED) is 0.0969. The van der Waals surface area contributed by atoms with Gasteiger partial charge in [0.1, 0.15) is 5.84 Å². The highest BCUT2D eigenvalue weighted by molar-refractivity contribution is 6.64. The molecular formula is C22H47N3O11Si. The molecule has 1 aliphatic heterocycles. The maximum atomic E-state index is 6.11. The van der Waals surface area contributed by atoms with Gasteiger partial charge in [0.25, 0.3) is 0 Å². The van der Waals surface area contributed by atoms with E-state index >= 15 is 0 Å². The van der Waals surface area contributed by atoms with E-state index in [0.717, 1.165) is 0 Å². The molecule has 1 rings (SSSR count). The van der Waals surface area contributed by atoms with E-state index in [9.17, 15) is 0 Å². The molecule has 0 saturated carbocycles. The smallest absolute Gasteiger partial charge is 0.382 e. The summed E-state index contributed by atoms with van der Waals surface area (Å²) in [6.45, 7) is 8.73. The van der Waals surface area contributed by atoms with Crippen molar-refractivity contribution >= 4 is 14.6 Å². The van der Waals surface area contributed by atoms with Crippen molar-refractivity contribution in [3.05, 3.63) is 0 Å². The molecule has 2 N–H and O–H groups in total. The van der Waals surface area contributed by atoms with E-state index in [1.165, 1.54) is 0 Å². The van der Waals surface area contributed by atoms with Crippen LogP contribution in [0.15, 0.2) is 4.99 Å². The minimum Gasteiger partial charge on any atom is -0.382 e. The summed E-state index contributed by atoms with van der Waals surface area (Å²) in [4.78, 5) is 4.75. The van der Waals surface area contributed by atoms with Crippen LogP contribution in [0.3, 0.4) is 0 Å². The van der Waals surface area contributed by atoms with Crippen molar-refractivity contribution in [1.29, 1.82) is 0 Å². The summed E-state index contributed by atoms with van der Waals surface area (Å²) in [7, 11) is 3.10. The number of ether oxygens (including phenoxy) is 8. The van der Waals surface area contributed by atoms with Gasteiger partial charge in [-0.15, -0.1) is 0 Å². The number of aliphatic imine (C=N–C) groups is 1. The fourth-order valence-corrected chi connectivity index (χ4v) is 5.77. The first-order chi connectivity index (χ1) is 17.9. The third-order valence-corrected chi connectivity index (χ3v) is 7.70. The summed E-state index contributed by atoms with van der Waals surface area (Å²) in [6.07, 6.45) is 0. The van der Waals surface area contributed by atoms with E-state index in [-0.39, 0.29) is 32.5 Å². The lowest BCUT2D eigenvalue weighted by Crippen LogP contribution is -2.74. The molecule has 0 fully saturated rings. The largest absolute Gasteiger partial charge is 0.508 e. The number of nitrogens with zero attached hydrogens (tertiary/aromatic N) is 1. The molecule has 0 aromatic carbocycles. The van der Waals surface area contributed by atoms with Gasteiger partial charge in [-0.1, -0.05) is 0 Å². The molecule has 0 atom stereocenters. The van der Waals surface area contributed by atoms with Crippen LogP contribution < -0.4 is 10.6 Å². The Morgan fingerprint density at radius 1 is 0.622 bits per heavy atom. The van der Waals surface area contributed by atoms with Crippen molar-refractivity contribution in [2.45, 2.75) is 38.9 Å². The summed E-state index contributed by atoms with van der Waals surface area (Å²) < 4.78 is 63.2. The van der Waals surface area contributed by atoms with Crippen LogP contribution in [0.4, 0.5) is 0 Å². The zero-order valence-electron chi connectivity index (χ0n) is 23.4. The second kappa shape index (κ2) is 19.3. The first-order valence-electron chi connectivity index (χ1n) is 12.5. The Bertz CT molecular complexity index is 581. The molecule has 1 heterocycles. The highest BCUT2D eigenvalue weighted by atomic mass is 28.4.